The predicted molar refractivity (Wildman–Crippen MR) is 91.7 cm³/mol. The van der Waals surface area contributed by atoms with E-state index in [9.17, 15) is 22.8 Å². The summed E-state index contributed by atoms with van der Waals surface area (Å²) < 4.78 is 39.2. The summed E-state index contributed by atoms with van der Waals surface area (Å²) in [5.74, 6) is -0.528. The van der Waals surface area contributed by atoms with Crippen molar-refractivity contribution >= 4 is 11.8 Å². The number of hydrogen-bond acceptors (Lipinski definition) is 3. The first-order valence-corrected chi connectivity index (χ1v) is 8.50. The number of amides is 2. The Balaban J connectivity index is 1.87. The number of carbonyl (C=O) groups is 2. The van der Waals surface area contributed by atoms with Gasteiger partial charge in [-0.2, -0.15) is 13.2 Å². The van der Waals surface area contributed by atoms with Gasteiger partial charge in [0.25, 0.3) is 5.91 Å². The van der Waals surface area contributed by atoms with E-state index in [0.29, 0.717) is 30.5 Å². The molecule has 0 aliphatic carbocycles. The molecule has 2 aromatic rings. The largest absolute Gasteiger partial charge is 0.416 e. The van der Waals surface area contributed by atoms with Crippen LogP contribution in [0, 0.1) is 0 Å². The molecule has 1 atom stereocenters. The van der Waals surface area contributed by atoms with Crippen molar-refractivity contribution in [3.05, 3.63) is 65.5 Å². The SMILES string of the molecule is O=C(N[C@@H](CN1CCCC1=O)c1cccc(C(F)(F)F)c1)c1cccnc1. The molecule has 1 saturated heterocycles. The summed E-state index contributed by atoms with van der Waals surface area (Å²) in [7, 11) is 0. The highest BCUT2D eigenvalue weighted by atomic mass is 19.4. The molecule has 27 heavy (non-hydrogen) atoms. The third-order valence-electron chi connectivity index (χ3n) is 4.42. The molecule has 8 heteroatoms. The number of carbonyl (C=O) groups excluding carboxylic acids is 2. The number of likely N-dealkylation sites (tertiary alicyclic amines) is 1. The van der Waals surface area contributed by atoms with Gasteiger partial charge in [0.15, 0.2) is 0 Å². The Morgan fingerprint density at radius 2 is 2.07 bits per heavy atom. The number of nitrogens with zero attached hydrogens (tertiary/aromatic N) is 2. The Labute approximate surface area is 154 Å². The van der Waals surface area contributed by atoms with Crippen LogP contribution in [0.4, 0.5) is 13.2 Å². The minimum atomic E-state index is -4.49. The molecule has 2 amide bonds. The van der Waals surface area contributed by atoms with Crippen LogP contribution in [0.3, 0.4) is 0 Å². The number of nitrogens with one attached hydrogen (secondary N) is 1. The molecular weight excluding hydrogens is 359 g/mol. The highest BCUT2D eigenvalue weighted by molar-refractivity contribution is 5.94. The van der Waals surface area contributed by atoms with Crippen molar-refractivity contribution in [2.24, 2.45) is 0 Å². The molecule has 1 aliphatic heterocycles. The summed E-state index contributed by atoms with van der Waals surface area (Å²) in [5, 5.41) is 2.74. The van der Waals surface area contributed by atoms with Crippen LogP contribution in [0.1, 0.15) is 40.4 Å². The van der Waals surface area contributed by atoms with Crippen molar-refractivity contribution < 1.29 is 22.8 Å². The molecule has 142 valence electrons. The summed E-state index contributed by atoms with van der Waals surface area (Å²) >= 11 is 0. The number of hydrogen-bond donors (Lipinski definition) is 1. The normalized spacial score (nSPS) is 15.7. The van der Waals surface area contributed by atoms with Gasteiger partial charge in [0.2, 0.25) is 5.91 Å². The van der Waals surface area contributed by atoms with Gasteiger partial charge in [-0.1, -0.05) is 12.1 Å². The Kier molecular flexibility index (Phi) is 5.43. The lowest BCUT2D eigenvalue weighted by Crippen LogP contribution is -2.38. The Hall–Kier alpha value is -2.90. The molecule has 1 aromatic carbocycles. The number of rotatable bonds is 5. The van der Waals surface area contributed by atoms with Crippen molar-refractivity contribution in [2.45, 2.75) is 25.1 Å². The van der Waals surface area contributed by atoms with E-state index in [0.717, 1.165) is 12.1 Å². The average Bonchev–Trinajstić information content (AvgIpc) is 3.06. The second kappa shape index (κ2) is 7.77. The zero-order chi connectivity index (χ0) is 19.4. The number of aromatic nitrogens is 1. The van der Waals surface area contributed by atoms with Crippen molar-refractivity contribution in [3.8, 4) is 0 Å². The third-order valence-corrected chi connectivity index (χ3v) is 4.42. The molecule has 0 unspecified atom stereocenters. The van der Waals surface area contributed by atoms with Crippen LogP contribution in [0.5, 0.6) is 0 Å². The summed E-state index contributed by atoms with van der Waals surface area (Å²) in [6.07, 6.45) is -0.489. The monoisotopic (exact) mass is 377 g/mol. The molecular formula is C19H18F3N3O2. The van der Waals surface area contributed by atoms with Gasteiger partial charge in [-0.25, -0.2) is 0 Å². The van der Waals surface area contributed by atoms with E-state index < -0.39 is 23.7 Å². The maximum absolute atomic E-state index is 13.1. The number of benzene rings is 1. The van der Waals surface area contributed by atoms with Gasteiger partial charge in [-0.05, 0) is 36.2 Å². The van der Waals surface area contributed by atoms with E-state index in [2.05, 4.69) is 10.3 Å². The lowest BCUT2D eigenvalue weighted by Gasteiger charge is -2.25. The highest BCUT2D eigenvalue weighted by Crippen LogP contribution is 2.31. The van der Waals surface area contributed by atoms with E-state index in [-0.39, 0.29) is 12.5 Å². The third kappa shape index (κ3) is 4.64. The van der Waals surface area contributed by atoms with E-state index >= 15 is 0 Å². The topological polar surface area (TPSA) is 62.3 Å². The van der Waals surface area contributed by atoms with Crippen LogP contribution in [0.15, 0.2) is 48.8 Å². The van der Waals surface area contributed by atoms with Crippen molar-refractivity contribution in [1.29, 1.82) is 0 Å². The van der Waals surface area contributed by atoms with Gasteiger partial charge in [0.05, 0.1) is 17.2 Å². The Morgan fingerprint density at radius 3 is 2.70 bits per heavy atom. The number of pyridine rings is 1. The van der Waals surface area contributed by atoms with Gasteiger partial charge >= 0.3 is 6.18 Å². The maximum atomic E-state index is 13.1. The van der Waals surface area contributed by atoms with Crippen molar-refractivity contribution in [3.63, 3.8) is 0 Å². The minimum absolute atomic E-state index is 0.0670. The standard InChI is InChI=1S/C19H18F3N3O2/c20-19(21,22)15-6-1-4-13(10-15)16(12-25-9-3-7-17(25)26)24-18(27)14-5-2-8-23-11-14/h1-2,4-6,8,10-11,16H,3,7,9,12H2,(H,24,27)/t16-/m0/s1. The fourth-order valence-electron chi connectivity index (χ4n) is 3.02. The highest BCUT2D eigenvalue weighted by Gasteiger charge is 2.32. The van der Waals surface area contributed by atoms with E-state index in [1.165, 1.54) is 24.5 Å². The Bertz CT molecular complexity index is 824. The second-order valence-corrected chi connectivity index (χ2v) is 6.33. The van der Waals surface area contributed by atoms with Crippen LogP contribution < -0.4 is 5.32 Å². The first kappa shape index (κ1) is 18.9. The zero-order valence-corrected chi connectivity index (χ0v) is 14.4. The molecule has 1 fully saturated rings. The summed E-state index contributed by atoms with van der Waals surface area (Å²) in [6, 6.07) is 7.20. The van der Waals surface area contributed by atoms with E-state index in [4.69, 9.17) is 0 Å². The summed E-state index contributed by atoms with van der Waals surface area (Å²) in [4.78, 5) is 29.9. The molecule has 1 N–H and O–H groups in total. The molecule has 1 aromatic heterocycles. The summed E-state index contributed by atoms with van der Waals surface area (Å²) in [5.41, 5.74) is -0.211. The van der Waals surface area contributed by atoms with Crippen LogP contribution in [-0.4, -0.2) is 34.8 Å². The maximum Gasteiger partial charge on any atom is 0.416 e. The van der Waals surface area contributed by atoms with Gasteiger partial charge in [0, 0.05) is 31.9 Å². The fraction of sp³-hybridized carbons (Fsp3) is 0.316. The van der Waals surface area contributed by atoms with E-state index in [1.807, 2.05) is 0 Å². The average molecular weight is 377 g/mol. The van der Waals surface area contributed by atoms with Crippen LogP contribution in [0.25, 0.3) is 0 Å². The van der Waals surface area contributed by atoms with Gasteiger partial charge in [0.1, 0.15) is 0 Å². The first-order valence-electron chi connectivity index (χ1n) is 8.50. The molecule has 3 rings (SSSR count). The number of alkyl halides is 3. The minimum Gasteiger partial charge on any atom is -0.343 e. The quantitative estimate of drug-likeness (QED) is 0.871. The van der Waals surface area contributed by atoms with Crippen LogP contribution >= 0.6 is 0 Å². The van der Waals surface area contributed by atoms with Crippen molar-refractivity contribution in [2.75, 3.05) is 13.1 Å². The smallest absolute Gasteiger partial charge is 0.343 e. The van der Waals surface area contributed by atoms with Crippen LogP contribution in [-0.2, 0) is 11.0 Å². The van der Waals surface area contributed by atoms with Gasteiger partial charge in [-0.15, -0.1) is 0 Å². The van der Waals surface area contributed by atoms with E-state index in [1.54, 1.807) is 17.0 Å². The first-order chi connectivity index (χ1) is 12.8. The number of halogens is 3. The molecule has 0 radical (unpaired) electrons. The van der Waals surface area contributed by atoms with Crippen molar-refractivity contribution in [1.82, 2.24) is 15.2 Å². The lowest BCUT2D eigenvalue weighted by atomic mass is 10.0. The molecule has 1 aliphatic rings. The molecule has 0 spiro atoms. The summed E-state index contributed by atoms with van der Waals surface area (Å²) in [6.45, 7) is 0.642. The molecule has 5 nitrogen and oxygen atoms in total. The second-order valence-electron chi connectivity index (χ2n) is 6.33. The zero-order valence-electron chi connectivity index (χ0n) is 14.4. The molecule has 0 saturated carbocycles. The molecule has 2 heterocycles. The molecule has 0 bridgehead atoms. The fourth-order valence-corrected chi connectivity index (χ4v) is 3.02. The van der Waals surface area contributed by atoms with Crippen LogP contribution in [0.2, 0.25) is 0 Å². The predicted octanol–water partition coefficient (Wildman–Crippen LogP) is 3.19. The van der Waals surface area contributed by atoms with Gasteiger partial charge in [-0.3, -0.25) is 14.6 Å². The van der Waals surface area contributed by atoms with Gasteiger partial charge < -0.3 is 10.2 Å². The lowest BCUT2D eigenvalue weighted by molar-refractivity contribution is -0.137. The Morgan fingerprint density at radius 1 is 1.26 bits per heavy atom.